The van der Waals surface area contributed by atoms with Crippen LogP contribution in [0.15, 0.2) is 97.1 Å². The average molecular weight is 715 g/mol. The first-order valence-corrected chi connectivity index (χ1v) is 15.4. The van der Waals surface area contributed by atoms with Crippen molar-refractivity contribution in [3.8, 4) is 23.0 Å². The van der Waals surface area contributed by atoms with Crippen LogP contribution in [0.4, 0.5) is 26.3 Å². The summed E-state index contributed by atoms with van der Waals surface area (Å²) in [4.78, 5) is 50.2. The van der Waals surface area contributed by atoms with E-state index in [2.05, 4.69) is 9.47 Å². The highest BCUT2D eigenvalue weighted by atomic mass is 19.4. The number of ether oxygens (including phenoxy) is 4. The molecule has 0 spiro atoms. The Morgan fingerprint density at radius 1 is 0.385 bits per heavy atom. The lowest BCUT2D eigenvalue weighted by atomic mass is 9.62. The van der Waals surface area contributed by atoms with E-state index in [-0.39, 0.29) is 11.1 Å². The van der Waals surface area contributed by atoms with Crippen LogP contribution in [-0.2, 0) is 20.3 Å². The normalized spacial score (nSPS) is 21.0. The van der Waals surface area contributed by atoms with Crippen molar-refractivity contribution in [2.75, 3.05) is 0 Å². The second-order valence-electron chi connectivity index (χ2n) is 12.4. The predicted octanol–water partition coefficient (Wildman–Crippen LogP) is 8.31. The molecule has 4 aliphatic heterocycles. The Morgan fingerprint density at radius 2 is 0.692 bits per heavy atom. The van der Waals surface area contributed by atoms with Crippen LogP contribution in [0, 0.1) is 0 Å². The maximum Gasteiger partial charge on any atom is 0.406 e. The van der Waals surface area contributed by atoms with Gasteiger partial charge in [0.15, 0.2) is 0 Å². The maximum absolute atomic E-state index is 16.2. The number of carbonyl (C=O) groups is 4. The number of fused-ring (bicyclic) bond motifs is 6. The summed E-state index contributed by atoms with van der Waals surface area (Å²) in [5, 5.41) is 0. The molecule has 4 aliphatic rings. The summed E-state index contributed by atoms with van der Waals surface area (Å²) in [5.74, 6) is -6.85. The largest absolute Gasteiger partial charge is 0.457 e. The van der Waals surface area contributed by atoms with Gasteiger partial charge in [0.25, 0.3) is 0 Å². The van der Waals surface area contributed by atoms with Gasteiger partial charge in [-0.25, -0.2) is 19.2 Å². The molecule has 14 heteroatoms. The minimum absolute atomic E-state index is 0.366. The standard InChI is InChI=1S/C38H16F6O8/c39-37(40,41)35(17-7-3-1-4-8-17)23-11-19-21(33(47)51-31(19)45)13-27(23)49-29-16-30-26(15-25(29)35)36(38(42,43)44,18-9-5-2-6-10-18)24-12-20-22(14-28(24)50-30)34(48)52-32(20)46/h1-16H. The highest BCUT2D eigenvalue weighted by Crippen LogP contribution is 2.65. The highest BCUT2D eigenvalue weighted by Gasteiger charge is 2.66. The zero-order chi connectivity index (χ0) is 36.5. The molecule has 9 rings (SSSR count). The minimum Gasteiger partial charge on any atom is -0.457 e. The topological polar surface area (TPSA) is 105 Å². The first kappa shape index (κ1) is 31.5. The van der Waals surface area contributed by atoms with Gasteiger partial charge in [-0.2, -0.15) is 26.3 Å². The Hall–Kier alpha value is -6.44. The van der Waals surface area contributed by atoms with E-state index in [9.17, 15) is 19.2 Å². The van der Waals surface area contributed by atoms with Gasteiger partial charge in [0.2, 0.25) is 0 Å². The molecule has 258 valence electrons. The van der Waals surface area contributed by atoms with Crippen molar-refractivity contribution in [3.63, 3.8) is 0 Å². The second kappa shape index (κ2) is 10.1. The summed E-state index contributed by atoms with van der Waals surface area (Å²) in [6.45, 7) is 0. The molecular weight excluding hydrogens is 698 g/mol. The fraction of sp³-hybridized carbons (Fsp3) is 0.105. The maximum atomic E-state index is 16.2. The molecule has 52 heavy (non-hydrogen) atoms. The van der Waals surface area contributed by atoms with Crippen molar-refractivity contribution in [1.29, 1.82) is 0 Å². The van der Waals surface area contributed by atoms with Gasteiger partial charge >= 0.3 is 36.2 Å². The van der Waals surface area contributed by atoms with E-state index < -0.39 is 115 Å². The SMILES string of the molecule is O=C1OC(=O)c2cc3c(cc21)Oc1cc2c(cc1C3(c1ccccc1)C(F)(F)F)C(c1ccccc1)(C(F)(F)F)c1cc3c(cc1O2)C(=O)OC3=O. The van der Waals surface area contributed by atoms with Gasteiger partial charge in [-0.3, -0.25) is 0 Å². The zero-order valence-corrected chi connectivity index (χ0v) is 25.8. The number of alkyl halides is 6. The van der Waals surface area contributed by atoms with E-state index in [1.807, 2.05) is 0 Å². The molecule has 5 aromatic rings. The summed E-state index contributed by atoms with van der Waals surface area (Å²) in [6.07, 6.45) is -10.7. The first-order chi connectivity index (χ1) is 24.7. The van der Waals surface area contributed by atoms with Gasteiger partial charge in [-0.1, -0.05) is 60.7 Å². The van der Waals surface area contributed by atoms with Gasteiger partial charge in [-0.15, -0.1) is 0 Å². The first-order valence-electron chi connectivity index (χ1n) is 15.4. The van der Waals surface area contributed by atoms with Crippen LogP contribution >= 0.6 is 0 Å². The number of hydrogen-bond donors (Lipinski definition) is 0. The molecule has 4 heterocycles. The van der Waals surface area contributed by atoms with E-state index in [1.165, 1.54) is 36.4 Å². The third-order valence-corrected chi connectivity index (χ3v) is 9.89. The summed E-state index contributed by atoms with van der Waals surface area (Å²) in [5.41, 5.74) is -12.1. The Morgan fingerprint density at radius 3 is 1.04 bits per heavy atom. The van der Waals surface area contributed by atoms with Crippen LogP contribution in [-0.4, -0.2) is 36.2 Å². The molecule has 2 unspecified atom stereocenters. The molecule has 2 atom stereocenters. The third-order valence-electron chi connectivity index (χ3n) is 9.89. The van der Waals surface area contributed by atoms with Crippen molar-refractivity contribution in [2.24, 2.45) is 0 Å². The molecule has 0 amide bonds. The molecule has 5 aromatic carbocycles. The number of halogens is 6. The fourth-order valence-corrected chi connectivity index (χ4v) is 7.76. The quantitative estimate of drug-likeness (QED) is 0.102. The molecule has 0 aromatic heterocycles. The second-order valence-corrected chi connectivity index (χ2v) is 12.4. The van der Waals surface area contributed by atoms with Gasteiger partial charge in [0, 0.05) is 28.3 Å². The number of esters is 4. The van der Waals surface area contributed by atoms with Crippen LogP contribution in [0.1, 0.15) is 74.8 Å². The average Bonchev–Trinajstić information content (AvgIpc) is 3.54. The van der Waals surface area contributed by atoms with Crippen molar-refractivity contribution in [3.05, 3.63) is 153 Å². The van der Waals surface area contributed by atoms with E-state index in [0.29, 0.717) is 6.07 Å². The lowest BCUT2D eigenvalue weighted by Crippen LogP contribution is -2.49. The predicted molar refractivity (Wildman–Crippen MR) is 164 cm³/mol. The molecule has 8 nitrogen and oxygen atoms in total. The lowest BCUT2D eigenvalue weighted by Gasteiger charge is -2.45. The number of benzene rings is 5. The Balaban J connectivity index is 1.44. The number of rotatable bonds is 2. The molecule has 0 saturated heterocycles. The Labute approximate surface area is 287 Å². The van der Waals surface area contributed by atoms with Crippen LogP contribution in [0.5, 0.6) is 23.0 Å². The fourth-order valence-electron chi connectivity index (χ4n) is 7.76. The minimum atomic E-state index is -5.33. The van der Waals surface area contributed by atoms with Gasteiger partial charge < -0.3 is 18.9 Å². The molecule has 0 aliphatic carbocycles. The van der Waals surface area contributed by atoms with Crippen LogP contribution < -0.4 is 9.47 Å². The summed E-state index contributed by atoms with van der Waals surface area (Å²) < 4.78 is 119. The molecule has 0 saturated carbocycles. The van der Waals surface area contributed by atoms with E-state index in [4.69, 9.17) is 9.47 Å². The third kappa shape index (κ3) is 3.83. The van der Waals surface area contributed by atoms with Gasteiger partial charge in [0.05, 0.1) is 22.3 Å². The number of hydrogen-bond acceptors (Lipinski definition) is 8. The van der Waals surface area contributed by atoms with Crippen LogP contribution in [0.3, 0.4) is 0 Å². The van der Waals surface area contributed by atoms with Gasteiger partial charge in [0.1, 0.15) is 33.8 Å². The summed E-state index contributed by atoms with van der Waals surface area (Å²) >= 11 is 0. The van der Waals surface area contributed by atoms with E-state index >= 15 is 26.3 Å². The number of cyclic esters (lactones) is 4. The summed E-state index contributed by atoms with van der Waals surface area (Å²) in [6, 6.07) is 17.7. The smallest absolute Gasteiger partial charge is 0.406 e. The van der Waals surface area contributed by atoms with E-state index in [1.54, 1.807) is 0 Å². The number of carbonyl (C=O) groups excluding carboxylic acids is 4. The lowest BCUT2D eigenvalue weighted by molar-refractivity contribution is -0.169. The summed E-state index contributed by atoms with van der Waals surface area (Å²) in [7, 11) is 0. The molecule has 0 fully saturated rings. The molecule has 0 N–H and O–H groups in total. The Bertz CT molecular complexity index is 2310. The monoisotopic (exact) mass is 714 g/mol. The van der Waals surface area contributed by atoms with Crippen LogP contribution in [0.2, 0.25) is 0 Å². The van der Waals surface area contributed by atoms with Crippen molar-refractivity contribution in [1.82, 2.24) is 0 Å². The van der Waals surface area contributed by atoms with Crippen molar-refractivity contribution >= 4 is 23.9 Å². The van der Waals surface area contributed by atoms with Crippen molar-refractivity contribution in [2.45, 2.75) is 23.2 Å². The zero-order valence-electron chi connectivity index (χ0n) is 25.8. The van der Waals surface area contributed by atoms with E-state index in [0.717, 1.165) is 54.6 Å². The van der Waals surface area contributed by atoms with Crippen molar-refractivity contribution < 1.29 is 64.5 Å². The Kier molecular flexibility index (Phi) is 6.12. The van der Waals surface area contributed by atoms with Crippen LogP contribution in [0.25, 0.3) is 0 Å². The molecule has 0 bridgehead atoms. The molecular formula is C38H16F6O8. The highest BCUT2D eigenvalue weighted by molar-refractivity contribution is 6.16. The molecule has 0 radical (unpaired) electrons. The van der Waals surface area contributed by atoms with Gasteiger partial charge in [-0.05, 0) is 41.5 Å².